The highest BCUT2D eigenvalue weighted by Crippen LogP contribution is 2.47. The molecule has 0 radical (unpaired) electrons. The number of imidazole rings is 1. The molecule has 7 heteroatoms. The molecule has 0 saturated heterocycles. The summed E-state index contributed by atoms with van der Waals surface area (Å²) in [5, 5.41) is 28.0. The van der Waals surface area contributed by atoms with Crippen molar-refractivity contribution in [1.29, 1.82) is 0 Å². The van der Waals surface area contributed by atoms with Crippen LogP contribution in [0.5, 0.6) is 0 Å². The van der Waals surface area contributed by atoms with Gasteiger partial charge in [0, 0.05) is 18.8 Å². The molecule has 0 bridgehead atoms. The summed E-state index contributed by atoms with van der Waals surface area (Å²) in [5.41, 5.74) is 0.184. The number of benzene rings is 5. The predicted octanol–water partition coefficient (Wildman–Crippen LogP) is 7.22. The van der Waals surface area contributed by atoms with E-state index in [0.29, 0.717) is 11.1 Å². The Balaban J connectivity index is 1.63. The van der Waals surface area contributed by atoms with Crippen molar-refractivity contribution < 1.29 is 19.8 Å². The lowest BCUT2D eigenvalue weighted by molar-refractivity contribution is -0.158. The SMILES string of the molecule is CNC(=O)c1ccc2cc([C@](O)(c3cn(C(c4ccccc4)(c4ccccc4)c4ccccc4)cn3)C(C(=O)O)C(C)(C)C)ccc2c1. The molecule has 48 heavy (non-hydrogen) atoms. The van der Waals surface area contributed by atoms with E-state index in [4.69, 9.17) is 4.98 Å². The highest BCUT2D eigenvalue weighted by Gasteiger charge is 2.53. The molecular weight excluding hydrogens is 598 g/mol. The van der Waals surface area contributed by atoms with Gasteiger partial charge < -0.3 is 20.1 Å². The first-order valence-electron chi connectivity index (χ1n) is 15.9. The third-order valence-corrected chi connectivity index (χ3v) is 9.24. The second-order valence-electron chi connectivity index (χ2n) is 13.2. The topological polar surface area (TPSA) is 104 Å². The molecule has 1 heterocycles. The van der Waals surface area contributed by atoms with E-state index in [1.54, 1.807) is 49.9 Å². The minimum Gasteiger partial charge on any atom is -0.481 e. The molecule has 1 aromatic heterocycles. The predicted molar refractivity (Wildman–Crippen MR) is 188 cm³/mol. The van der Waals surface area contributed by atoms with Crippen molar-refractivity contribution in [3.63, 3.8) is 0 Å². The van der Waals surface area contributed by atoms with E-state index in [0.717, 1.165) is 27.5 Å². The normalized spacial score (nSPS) is 13.9. The Kier molecular flexibility index (Phi) is 8.50. The fourth-order valence-electron chi connectivity index (χ4n) is 7.09. The summed E-state index contributed by atoms with van der Waals surface area (Å²) in [6.07, 6.45) is 3.47. The minimum absolute atomic E-state index is 0.207. The monoisotopic (exact) mass is 637 g/mol. The number of nitrogens with one attached hydrogen (secondary N) is 1. The number of fused-ring (bicyclic) bond motifs is 1. The molecule has 5 aromatic carbocycles. The molecule has 1 amide bonds. The highest BCUT2D eigenvalue weighted by atomic mass is 16.4. The maximum Gasteiger partial charge on any atom is 0.310 e. The van der Waals surface area contributed by atoms with Gasteiger partial charge in [-0.3, -0.25) is 9.59 Å². The summed E-state index contributed by atoms with van der Waals surface area (Å²) in [4.78, 5) is 30.3. The van der Waals surface area contributed by atoms with Gasteiger partial charge in [-0.15, -0.1) is 0 Å². The molecule has 0 spiro atoms. The largest absolute Gasteiger partial charge is 0.481 e. The van der Waals surface area contributed by atoms with Crippen molar-refractivity contribution in [2.75, 3.05) is 7.05 Å². The number of carbonyl (C=O) groups excluding carboxylic acids is 1. The van der Waals surface area contributed by atoms with Crippen LogP contribution in [0.3, 0.4) is 0 Å². The summed E-state index contributed by atoms with van der Waals surface area (Å²) in [7, 11) is 1.58. The Morgan fingerprint density at radius 1 is 0.708 bits per heavy atom. The van der Waals surface area contributed by atoms with Gasteiger partial charge in [0.25, 0.3) is 5.91 Å². The van der Waals surface area contributed by atoms with Crippen LogP contribution >= 0.6 is 0 Å². The zero-order chi connectivity index (χ0) is 34.1. The molecule has 0 aliphatic heterocycles. The molecule has 0 aliphatic carbocycles. The lowest BCUT2D eigenvalue weighted by atomic mass is 9.66. The van der Waals surface area contributed by atoms with Gasteiger partial charge in [-0.25, -0.2) is 4.98 Å². The number of amides is 1. The fraction of sp³-hybridized carbons (Fsp3) is 0.195. The smallest absolute Gasteiger partial charge is 0.310 e. The van der Waals surface area contributed by atoms with Crippen molar-refractivity contribution in [2.45, 2.75) is 31.9 Å². The van der Waals surface area contributed by atoms with E-state index < -0.39 is 28.4 Å². The van der Waals surface area contributed by atoms with Crippen LogP contribution in [-0.4, -0.2) is 38.7 Å². The average Bonchev–Trinajstić information content (AvgIpc) is 3.60. The zero-order valence-electron chi connectivity index (χ0n) is 27.5. The molecule has 1 unspecified atom stereocenters. The number of carbonyl (C=O) groups is 2. The molecule has 6 rings (SSSR count). The summed E-state index contributed by atoms with van der Waals surface area (Å²) in [6, 6.07) is 40.9. The maximum atomic E-state index is 13.2. The Morgan fingerprint density at radius 3 is 1.69 bits per heavy atom. The third-order valence-electron chi connectivity index (χ3n) is 9.24. The second-order valence-corrected chi connectivity index (χ2v) is 13.2. The average molecular weight is 638 g/mol. The van der Waals surface area contributed by atoms with E-state index in [1.165, 1.54) is 0 Å². The van der Waals surface area contributed by atoms with Crippen LogP contribution in [-0.2, 0) is 15.9 Å². The molecule has 7 nitrogen and oxygen atoms in total. The third kappa shape index (κ3) is 5.46. The van der Waals surface area contributed by atoms with Crippen LogP contribution in [0.1, 0.15) is 59.1 Å². The molecule has 3 N–H and O–H groups in total. The van der Waals surface area contributed by atoms with Crippen molar-refractivity contribution in [1.82, 2.24) is 14.9 Å². The van der Waals surface area contributed by atoms with Crippen LogP contribution in [0.25, 0.3) is 10.8 Å². The number of aliphatic carboxylic acids is 1. The number of rotatable bonds is 9. The van der Waals surface area contributed by atoms with Crippen LogP contribution in [0.4, 0.5) is 0 Å². The first-order valence-corrected chi connectivity index (χ1v) is 15.9. The van der Waals surface area contributed by atoms with Gasteiger partial charge >= 0.3 is 5.97 Å². The Bertz CT molecular complexity index is 1970. The van der Waals surface area contributed by atoms with Crippen LogP contribution in [0.15, 0.2) is 140 Å². The van der Waals surface area contributed by atoms with E-state index in [9.17, 15) is 19.8 Å². The first kappa shape index (κ1) is 32.4. The number of aliphatic hydroxyl groups is 1. The summed E-state index contributed by atoms with van der Waals surface area (Å²) in [5.74, 6) is -2.63. The summed E-state index contributed by atoms with van der Waals surface area (Å²) >= 11 is 0. The van der Waals surface area contributed by atoms with Gasteiger partial charge in [0.15, 0.2) is 0 Å². The van der Waals surface area contributed by atoms with Crippen LogP contribution in [0.2, 0.25) is 0 Å². The number of carboxylic acids is 1. The van der Waals surface area contributed by atoms with Crippen molar-refractivity contribution in [2.24, 2.45) is 11.3 Å². The Labute approximate surface area is 280 Å². The van der Waals surface area contributed by atoms with E-state index >= 15 is 0 Å². The highest BCUT2D eigenvalue weighted by molar-refractivity contribution is 5.98. The van der Waals surface area contributed by atoms with Gasteiger partial charge in [0.2, 0.25) is 0 Å². The fourth-order valence-corrected chi connectivity index (χ4v) is 7.09. The zero-order valence-corrected chi connectivity index (χ0v) is 27.5. The van der Waals surface area contributed by atoms with Gasteiger partial charge in [0.1, 0.15) is 17.1 Å². The quantitative estimate of drug-likeness (QED) is 0.145. The summed E-state index contributed by atoms with van der Waals surface area (Å²) < 4.78 is 1.98. The van der Waals surface area contributed by atoms with Crippen LogP contribution in [0, 0.1) is 11.3 Å². The number of carboxylic acid groups (broad SMARTS) is 1. The summed E-state index contributed by atoms with van der Waals surface area (Å²) in [6.45, 7) is 5.44. The Hall–Kier alpha value is -5.53. The molecule has 0 fully saturated rings. The number of nitrogens with zero attached hydrogens (tertiary/aromatic N) is 2. The molecule has 0 aliphatic rings. The second kappa shape index (κ2) is 12.6. The van der Waals surface area contributed by atoms with Gasteiger partial charge in [0.05, 0.1) is 12.0 Å². The lowest BCUT2D eigenvalue weighted by Gasteiger charge is -2.41. The number of hydrogen-bond acceptors (Lipinski definition) is 4. The van der Waals surface area contributed by atoms with Crippen LogP contribution < -0.4 is 5.32 Å². The maximum absolute atomic E-state index is 13.2. The Morgan fingerprint density at radius 2 is 1.21 bits per heavy atom. The number of hydrogen-bond donors (Lipinski definition) is 3. The molecule has 2 atom stereocenters. The molecule has 242 valence electrons. The van der Waals surface area contributed by atoms with E-state index in [-0.39, 0.29) is 11.6 Å². The van der Waals surface area contributed by atoms with Crippen molar-refractivity contribution >= 4 is 22.6 Å². The first-order chi connectivity index (χ1) is 23.0. The van der Waals surface area contributed by atoms with Gasteiger partial charge in [-0.1, -0.05) is 130 Å². The molecule has 6 aromatic rings. The van der Waals surface area contributed by atoms with E-state index in [1.807, 2.05) is 86.0 Å². The van der Waals surface area contributed by atoms with Crippen molar-refractivity contribution in [3.8, 4) is 0 Å². The van der Waals surface area contributed by atoms with Crippen molar-refractivity contribution in [3.05, 3.63) is 173 Å². The standard InChI is InChI=1S/C41H39N3O4/c1-39(2,3)36(38(46)47)41(48,34-23-22-28-24-30(37(45)42-4)21-20-29(28)25-34)35-26-44(27-43-35)40(31-14-8-5-9-15-31,32-16-10-6-11-17-32)33-18-12-7-13-19-33/h5-27,36,48H,1-4H3,(H,42,45)(H,46,47)/t36?,41-/m0/s1. The minimum atomic E-state index is -2.04. The van der Waals surface area contributed by atoms with E-state index in [2.05, 4.69) is 41.7 Å². The van der Waals surface area contributed by atoms with Gasteiger partial charge in [-0.05, 0) is 56.6 Å². The lowest BCUT2D eigenvalue weighted by Crippen LogP contribution is -2.48. The van der Waals surface area contributed by atoms with Gasteiger partial charge in [-0.2, -0.15) is 0 Å². The molecule has 0 saturated carbocycles. The number of aromatic nitrogens is 2. The molecular formula is C41H39N3O4.